The Bertz CT molecular complexity index is 420. The number of pyridine rings is 1. The average Bonchev–Trinajstić information content (AvgIpc) is 2.81. The molecule has 3 N–H and O–H groups in total. The fraction of sp³-hybridized carbons (Fsp3) is 0.667. The lowest BCUT2D eigenvalue weighted by atomic mass is 10.1. The lowest BCUT2D eigenvalue weighted by Gasteiger charge is -2.22. The molecule has 19 heavy (non-hydrogen) atoms. The van der Waals surface area contributed by atoms with Crippen LogP contribution in [0.1, 0.15) is 46.5 Å². The molecule has 0 bridgehead atoms. The monoisotopic (exact) mass is 263 g/mol. The Morgan fingerprint density at radius 1 is 1.32 bits per heavy atom. The Labute approximate surface area is 115 Å². The maximum absolute atomic E-state index is 5.90. The molecule has 1 aliphatic rings. The zero-order valence-corrected chi connectivity index (χ0v) is 12.2. The van der Waals surface area contributed by atoms with Crippen molar-refractivity contribution >= 4 is 11.5 Å². The lowest BCUT2D eigenvalue weighted by molar-refractivity contribution is 0.125. The molecule has 1 fully saturated rings. The maximum Gasteiger partial charge on any atom is 0.239 e. The molecule has 4 heteroatoms. The highest BCUT2D eigenvalue weighted by atomic mass is 16.5. The van der Waals surface area contributed by atoms with Crippen LogP contribution in [0.4, 0.5) is 11.5 Å². The largest absolute Gasteiger partial charge is 0.470 e. The number of ether oxygens (including phenoxy) is 1. The van der Waals surface area contributed by atoms with Crippen LogP contribution >= 0.6 is 0 Å². The molecule has 0 unspecified atom stereocenters. The number of nitrogens with zero attached hydrogens (tertiary/aromatic N) is 1. The summed E-state index contributed by atoms with van der Waals surface area (Å²) < 4.78 is 5.77. The van der Waals surface area contributed by atoms with Gasteiger partial charge < -0.3 is 15.8 Å². The van der Waals surface area contributed by atoms with Crippen LogP contribution in [0.5, 0.6) is 5.88 Å². The fourth-order valence-corrected chi connectivity index (χ4v) is 2.38. The minimum atomic E-state index is -0.287. The quantitative estimate of drug-likeness (QED) is 0.873. The van der Waals surface area contributed by atoms with Crippen LogP contribution in [0, 0.1) is 5.92 Å². The molecular formula is C15H25N3O. The Hall–Kier alpha value is -1.45. The number of nitrogen functional groups attached to an aromatic ring is 1. The van der Waals surface area contributed by atoms with Gasteiger partial charge in [-0.05, 0) is 51.7 Å². The van der Waals surface area contributed by atoms with E-state index in [4.69, 9.17) is 10.5 Å². The Morgan fingerprint density at radius 3 is 2.63 bits per heavy atom. The number of anilines is 2. The number of aromatic nitrogens is 1. The van der Waals surface area contributed by atoms with E-state index in [-0.39, 0.29) is 5.60 Å². The van der Waals surface area contributed by atoms with Gasteiger partial charge in [-0.1, -0.05) is 12.8 Å². The predicted molar refractivity (Wildman–Crippen MR) is 79.5 cm³/mol. The highest BCUT2D eigenvalue weighted by Crippen LogP contribution is 2.27. The minimum absolute atomic E-state index is 0.287. The normalized spacial score (nSPS) is 16.6. The molecule has 0 saturated heterocycles. The van der Waals surface area contributed by atoms with Gasteiger partial charge in [0.15, 0.2) is 0 Å². The number of rotatable bonds is 4. The molecule has 1 aliphatic carbocycles. The molecule has 4 nitrogen and oxygen atoms in total. The van der Waals surface area contributed by atoms with E-state index in [1.807, 2.05) is 32.9 Å². The van der Waals surface area contributed by atoms with Crippen LogP contribution in [0.15, 0.2) is 12.1 Å². The lowest BCUT2D eigenvalue weighted by Crippen LogP contribution is -2.24. The van der Waals surface area contributed by atoms with Gasteiger partial charge in [0.25, 0.3) is 0 Å². The minimum Gasteiger partial charge on any atom is -0.470 e. The summed E-state index contributed by atoms with van der Waals surface area (Å²) in [6, 6.07) is 3.77. The van der Waals surface area contributed by atoms with Crippen LogP contribution in [0.3, 0.4) is 0 Å². The van der Waals surface area contributed by atoms with Crippen molar-refractivity contribution in [1.29, 1.82) is 0 Å². The van der Waals surface area contributed by atoms with E-state index in [0.29, 0.717) is 11.6 Å². The van der Waals surface area contributed by atoms with Gasteiger partial charge in [0.05, 0.1) is 5.69 Å². The van der Waals surface area contributed by atoms with Gasteiger partial charge in [0.2, 0.25) is 5.88 Å². The molecular weight excluding hydrogens is 238 g/mol. The molecule has 1 heterocycles. The van der Waals surface area contributed by atoms with Gasteiger partial charge in [-0.3, -0.25) is 0 Å². The third-order valence-electron chi connectivity index (χ3n) is 3.34. The molecule has 1 saturated carbocycles. The predicted octanol–water partition coefficient (Wildman–Crippen LogP) is 3.44. The first-order valence-electron chi connectivity index (χ1n) is 7.13. The fourth-order valence-electron chi connectivity index (χ4n) is 2.38. The van der Waals surface area contributed by atoms with Crippen molar-refractivity contribution in [1.82, 2.24) is 4.98 Å². The van der Waals surface area contributed by atoms with Crippen LogP contribution < -0.4 is 15.8 Å². The first-order chi connectivity index (χ1) is 8.94. The smallest absolute Gasteiger partial charge is 0.239 e. The molecule has 0 atom stereocenters. The molecule has 0 spiro atoms. The first-order valence-corrected chi connectivity index (χ1v) is 7.13. The average molecular weight is 263 g/mol. The maximum atomic E-state index is 5.90. The molecule has 0 radical (unpaired) electrons. The van der Waals surface area contributed by atoms with Crippen LogP contribution in [-0.2, 0) is 0 Å². The summed E-state index contributed by atoms with van der Waals surface area (Å²) in [4.78, 5) is 4.46. The SMILES string of the molecule is CC(C)(C)Oc1nc(NCC2CCCC2)ccc1N. The van der Waals surface area contributed by atoms with Gasteiger partial charge in [-0.25, -0.2) is 0 Å². The molecule has 2 rings (SSSR count). The highest BCUT2D eigenvalue weighted by molar-refractivity contribution is 5.53. The molecule has 0 aromatic carbocycles. The van der Waals surface area contributed by atoms with E-state index < -0.39 is 0 Å². The first kappa shape index (κ1) is 14.0. The van der Waals surface area contributed by atoms with Crippen molar-refractivity contribution in [3.05, 3.63) is 12.1 Å². The topological polar surface area (TPSA) is 60.2 Å². The number of nitrogens with two attached hydrogens (primary N) is 1. The summed E-state index contributed by atoms with van der Waals surface area (Å²) in [5.41, 5.74) is 6.20. The van der Waals surface area contributed by atoms with E-state index in [1.165, 1.54) is 25.7 Å². The van der Waals surface area contributed by atoms with Gasteiger partial charge >= 0.3 is 0 Å². The van der Waals surface area contributed by atoms with E-state index in [9.17, 15) is 0 Å². The van der Waals surface area contributed by atoms with Crippen LogP contribution in [-0.4, -0.2) is 17.1 Å². The van der Waals surface area contributed by atoms with Crippen molar-refractivity contribution < 1.29 is 4.74 Å². The molecule has 0 aliphatic heterocycles. The van der Waals surface area contributed by atoms with E-state index in [0.717, 1.165) is 18.3 Å². The van der Waals surface area contributed by atoms with Gasteiger partial charge in [-0.15, -0.1) is 0 Å². The number of hydrogen-bond donors (Lipinski definition) is 2. The third-order valence-corrected chi connectivity index (χ3v) is 3.34. The summed E-state index contributed by atoms with van der Waals surface area (Å²) in [5.74, 6) is 2.15. The zero-order chi connectivity index (χ0) is 13.9. The van der Waals surface area contributed by atoms with Crippen molar-refractivity contribution in [3.63, 3.8) is 0 Å². The second kappa shape index (κ2) is 5.68. The highest BCUT2D eigenvalue weighted by Gasteiger charge is 2.17. The second-order valence-corrected chi connectivity index (χ2v) is 6.34. The molecule has 1 aromatic rings. The molecule has 1 aromatic heterocycles. The Balaban J connectivity index is 1.99. The summed E-state index contributed by atoms with van der Waals surface area (Å²) in [7, 11) is 0. The van der Waals surface area contributed by atoms with Crippen LogP contribution in [0.25, 0.3) is 0 Å². The van der Waals surface area contributed by atoms with Crippen molar-refractivity contribution in [2.24, 2.45) is 5.92 Å². The van der Waals surface area contributed by atoms with Gasteiger partial charge in [0, 0.05) is 6.54 Å². The van der Waals surface area contributed by atoms with Crippen LogP contribution in [0.2, 0.25) is 0 Å². The van der Waals surface area contributed by atoms with E-state index >= 15 is 0 Å². The van der Waals surface area contributed by atoms with Gasteiger partial charge in [-0.2, -0.15) is 4.98 Å². The number of hydrogen-bond acceptors (Lipinski definition) is 4. The summed E-state index contributed by atoms with van der Waals surface area (Å²) in [5, 5.41) is 3.39. The molecule has 0 amide bonds. The zero-order valence-electron chi connectivity index (χ0n) is 12.2. The summed E-state index contributed by atoms with van der Waals surface area (Å²) in [6.07, 6.45) is 5.38. The third kappa shape index (κ3) is 4.30. The summed E-state index contributed by atoms with van der Waals surface area (Å²) in [6.45, 7) is 6.97. The van der Waals surface area contributed by atoms with Crippen molar-refractivity contribution in [3.8, 4) is 5.88 Å². The standard InChI is InChI=1S/C15H25N3O/c1-15(2,3)19-14-12(16)8-9-13(18-14)17-10-11-6-4-5-7-11/h8-9,11H,4-7,10,16H2,1-3H3,(H,17,18). The Morgan fingerprint density at radius 2 is 2.00 bits per heavy atom. The second-order valence-electron chi connectivity index (χ2n) is 6.34. The van der Waals surface area contributed by atoms with Crippen molar-refractivity contribution in [2.45, 2.75) is 52.1 Å². The summed E-state index contributed by atoms with van der Waals surface area (Å²) >= 11 is 0. The number of nitrogens with one attached hydrogen (secondary N) is 1. The van der Waals surface area contributed by atoms with E-state index in [1.54, 1.807) is 0 Å². The Kier molecular flexibility index (Phi) is 4.17. The molecule has 106 valence electrons. The van der Waals surface area contributed by atoms with Crippen molar-refractivity contribution in [2.75, 3.05) is 17.6 Å². The van der Waals surface area contributed by atoms with E-state index in [2.05, 4.69) is 10.3 Å². The van der Waals surface area contributed by atoms with Gasteiger partial charge in [0.1, 0.15) is 11.4 Å².